The lowest BCUT2D eigenvalue weighted by molar-refractivity contribution is -0.117. The van der Waals surface area contributed by atoms with Gasteiger partial charge in [-0.05, 0) is 73.8 Å². The summed E-state index contributed by atoms with van der Waals surface area (Å²) in [5, 5.41) is 10.2. The van der Waals surface area contributed by atoms with E-state index < -0.39 is 0 Å². The number of rotatable bonds is 5. The molecule has 0 radical (unpaired) electrons. The van der Waals surface area contributed by atoms with E-state index in [2.05, 4.69) is 30.9 Å². The van der Waals surface area contributed by atoms with Crippen molar-refractivity contribution in [2.75, 3.05) is 17.2 Å². The summed E-state index contributed by atoms with van der Waals surface area (Å²) >= 11 is 0. The standard InChI is InChI=1S/C25H24N6O2/c1-15-9-11-27-24(33)22(15)16-7-8-20-17(12-16)14-28-25(31-20)30-19-5-2-4-18(13-19)29-23(32)21-6-3-10-26-21/h2,4-5,7-9,11-14,21,26H,3,6,10H2,1H3,(H,27,33)(H,29,32)(H,28,30,31)/t21-/m0/s1. The maximum Gasteiger partial charge on any atom is 0.256 e. The van der Waals surface area contributed by atoms with Gasteiger partial charge in [0.25, 0.3) is 5.56 Å². The minimum absolute atomic E-state index is 0.0186. The number of amides is 1. The van der Waals surface area contributed by atoms with Crippen LogP contribution >= 0.6 is 0 Å². The topological polar surface area (TPSA) is 112 Å². The van der Waals surface area contributed by atoms with Crippen LogP contribution in [0.25, 0.3) is 22.0 Å². The Labute approximate surface area is 190 Å². The molecule has 1 amide bonds. The number of fused-ring (bicyclic) bond motifs is 1. The number of anilines is 3. The number of carbonyl (C=O) groups excluding carboxylic acids is 1. The molecule has 5 rings (SSSR count). The molecule has 2 aromatic heterocycles. The van der Waals surface area contributed by atoms with Crippen LogP contribution in [0.1, 0.15) is 18.4 Å². The fourth-order valence-electron chi connectivity index (χ4n) is 4.13. The molecule has 0 spiro atoms. The molecule has 1 saturated heterocycles. The van der Waals surface area contributed by atoms with Gasteiger partial charge >= 0.3 is 0 Å². The van der Waals surface area contributed by atoms with E-state index in [9.17, 15) is 9.59 Å². The Morgan fingerprint density at radius 2 is 2.00 bits per heavy atom. The van der Waals surface area contributed by atoms with Crippen LogP contribution in [0, 0.1) is 6.92 Å². The normalized spacial score (nSPS) is 15.5. The molecule has 0 unspecified atom stereocenters. The van der Waals surface area contributed by atoms with Gasteiger partial charge in [0.15, 0.2) is 0 Å². The lowest BCUT2D eigenvalue weighted by Gasteiger charge is -2.12. The molecule has 0 saturated carbocycles. The van der Waals surface area contributed by atoms with Crippen LogP contribution in [0.2, 0.25) is 0 Å². The molecule has 0 bridgehead atoms. The first-order valence-corrected chi connectivity index (χ1v) is 10.9. The van der Waals surface area contributed by atoms with Crippen LogP contribution in [-0.4, -0.2) is 33.4 Å². The second-order valence-electron chi connectivity index (χ2n) is 8.18. The molecule has 0 aliphatic carbocycles. The molecule has 1 aliphatic heterocycles. The Kier molecular flexibility index (Phi) is 5.58. The van der Waals surface area contributed by atoms with E-state index in [1.807, 2.05) is 55.5 Å². The highest BCUT2D eigenvalue weighted by Crippen LogP contribution is 2.25. The number of carbonyl (C=O) groups is 1. The zero-order valence-corrected chi connectivity index (χ0v) is 18.2. The summed E-state index contributed by atoms with van der Waals surface area (Å²) in [6, 6.07) is 14.9. The Hall–Kier alpha value is -4.04. The van der Waals surface area contributed by atoms with Crippen molar-refractivity contribution in [3.05, 3.63) is 76.8 Å². The third kappa shape index (κ3) is 4.47. The number of pyridine rings is 1. The largest absolute Gasteiger partial charge is 0.329 e. The van der Waals surface area contributed by atoms with Crippen molar-refractivity contribution >= 4 is 34.1 Å². The number of benzene rings is 2. The van der Waals surface area contributed by atoms with Crippen LogP contribution in [0.15, 0.2) is 65.7 Å². The Balaban J connectivity index is 1.35. The summed E-state index contributed by atoms with van der Waals surface area (Å²) < 4.78 is 0. The Bertz CT molecular complexity index is 1390. The van der Waals surface area contributed by atoms with E-state index in [0.29, 0.717) is 17.2 Å². The van der Waals surface area contributed by atoms with Crippen molar-refractivity contribution in [2.24, 2.45) is 0 Å². The molecule has 8 nitrogen and oxygen atoms in total. The number of nitrogens with one attached hydrogen (secondary N) is 4. The van der Waals surface area contributed by atoms with Gasteiger partial charge in [-0.1, -0.05) is 12.1 Å². The Morgan fingerprint density at radius 1 is 1.12 bits per heavy atom. The number of aromatic nitrogens is 3. The first-order valence-electron chi connectivity index (χ1n) is 10.9. The highest BCUT2D eigenvalue weighted by atomic mass is 16.2. The summed E-state index contributed by atoms with van der Waals surface area (Å²) in [6.45, 7) is 2.79. The summed E-state index contributed by atoms with van der Waals surface area (Å²) in [7, 11) is 0. The van der Waals surface area contributed by atoms with E-state index in [1.165, 1.54) is 0 Å². The molecule has 8 heteroatoms. The van der Waals surface area contributed by atoms with Crippen molar-refractivity contribution in [1.82, 2.24) is 20.3 Å². The number of hydrogen-bond acceptors (Lipinski definition) is 6. The summed E-state index contributed by atoms with van der Waals surface area (Å²) in [5.74, 6) is 0.430. The fourth-order valence-corrected chi connectivity index (χ4v) is 4.13. The highest BCUT2D eigenvalue weighted by Gasteiger charge is 2.21. The first-order chi connectivity index (χ1) is 16.1. The zero-order valence-electron chi connectivity index (χ0n) is 18.2. The van der Waals surface area contributed by atoms with Crippen LogP contribution in [0.4, 0.5) is 17.3 Å². The summed E-state index contributed by atoms with van der Waals surface area (Å²) in [6.07, 6.45) is 5.25. The average Bonchev–Trinajstić information content (AvgIpc) is 3.35. The predicted octanol–water partition coefficient (Wildman–Crippen LogP) is 3.73. The minimum atomic E-state index is -0.134. The highest BCUT2D eigenvalue weighted by molar-refractivity contribution is 5.95. The first kappa shape index (κ1) is 20.8. The van der Waals surface area contributed by atoms with Gasteiger partial charge in [-0.25, -0.2) is 9.97 Å². The minimum Gasteiger partial charge on any atom is -0.329 e. The fraction of sp³-hybridized carbons (Fsp3) is 0.200. The molecule has 166 valence electrons. The molecule has 1 aliphatic rings. The number of aryl methyl sites for hydroxylation is 1. The molecular formula is C25H24N6O2. The van der Waals surface area contributed by atoms with Crippen molar-refractivity contribution in [3.63, 3.8) is 0 Å². The lowest BCUT2D eigenvalue weighted by atomic mass is 10.0. The third-order valence-electron chi connectivity index (χ3n) is 5.80. The van der Waals surface area contributed by atoms with Crippen molar-refractivity contribution < 1.29 is 4.79 Å². The molecule has 1 fully saturated rings. The van der Waals surface area contributed by atoms with Gasteiger partial charge < -0.3 is 20.9 Å². The molecule has 4 aromatic rings. The van der Waals surface area contributed by atoms with E-state index >= 15 is 0 Å². The van der Waals surface area contributed by atoms with Gasteiger partial charge in [0.1, 0.15) is 0 Å². The second kappa shape index (κ2) is 8.84. The molecule has 3 heterocycles. The van der Waals surface area contributed by atoms with Crippen LogP contribution in [0.5, 0.6) is 0 Å². The second-order valence-corrected chi connectivity index (χ2v) is 8.18. The quantitative estimate of drug-likeness (QED) is 0.376. The average molecular weight is 441 g/mol. The van der Waals surface area contributed by atoms with Gasteiger partial charge in [0.2, 0.25) is 11.9 Å². The summed E-state index contributed by atoms with van der Waals surface area (Å²) in [4.78, 5) is 36.4. The van der Waals surface area contributed by atoms with Crippen LogP contribution in [-0.2, 0) is 4.79 Å². The monoisotopic (exact) mass is 440 g/mol. The van der Waals surface area contributed by atoms with Gasteiger partial charge in [-0.3, -0.25) is 9.59 Å². The predicted molar refractivity (Wildman–Crippen MR) is 130 cm³/mol. The lowest BCUT2D eigenvalue weighted by Crippen LogP contribution is -2.35. The maximum atomic E-state index is 12.4. The number of nitrogens with zero attached hydrogens (tertiary/aromatic N) is 2. The maximum absolute atomic E-state index is 12.4. The van der Waals surface area contributed by atoms with E-state index in [4.69, 9.17) is 0 Å². The molecule has 2 aromatic carbocycles. The van der Waals surface area contributed by atoms with Gasteiger partial charge in [-0.15, -0.1) is 0 Å². The number of hydrogen-bond donors (Lipinski definition) is 4. The SMILES string of the molecule is Cc1cc[nH]c(=O)c1-c1ccc2nc(Nc3cccc(NC(=O)[C@@H]4CCCN4)c3)ncc2c1. The molecule has 1 atom stereocenters. The van der Waals surface area contributed by atoms with Crippen molar-refractivity contribution in [3.8, 4) is 11.1 Å². The Morgan fingerprint density at radius 3 is 2.82 bits per heavy atom. The van der Waals surface area contributed by atoms with Crippen LogP contribution in [0.3, 0.4) is 0 Å². The van der Waals surface area contributed by atoms with Crippen LogP contribution < -0.4 is 21.5 Å². The number of aromatic amines is 1. The summed E-state index contributed by atoms with van der Waals surface area (Å²) in [5.41, 5.74) is 4.51. The van der Waals surface area contributed by atoms with E-state index in [0.717, 1.165) is 47.1 Å². The van der Waals surface area contributed by atoms with Gasteiger partial charge in [0, 0.05) is 34.7 Å². The van der Waals surface area contributed by atoms with Crippen molar-refractivity contribution in [1.29, 1.82) is 0 Å². The van der Waals surface area contributed by atoms with Gasteiger partial charge in [0.05, 0.1) is 11.6 Å². The van der Waals surface area contributed by atoms with E-state index in [1.54, 1.807) is 12.4 Å². The zero-order chi connectivity index (χ0) is 22.8. The molecule has 33 heavy (non-hydrogen) atoms. The number of H-pyrrole nitrogens is 1. The van der Waals surface area contributed by atoms with Crippen molar-refractivity contribution in [2.45, 2.75) is 25.8 Å². The smallest absolute Gasteiger partial charge is 0.256 e. The molecule has 4 N–H and O–H groups in total. The van der Waals surface area contributed by atoms with Gasteiger partial charge in [-0.2, -0.15) is 0 Å². The third-order valence-corrected chi connectivity index (χ3v) is 5.80. The van der Waals surface area contributed by atoms with E-state index in [-0.39, 0.29) is 17.5 Å². The molecular weight excluding hydrogens is 416 g/mol.